The summed E-state index contributed by atoms with van der Waals surface area (Å²) in [7, 11) is 1.53. The molecule has 0 atom stereocenters. The Balaban J connectivity index is 1.82. The second-order valence-corrected chi connectivity index (χ2v) is 7.13. The first-order chi connectivity index (χ1) is 13.7. The Morgan fingerprint density at radius 3 is 2.54 bits per heavy atom. The number of amides is 1. The fourth-order valence-corrected chi connectivity index (χ4v) is 3.53. The smallest absolute Gasteiger partial charge is 0.248 e. The van der Waals surface area contributed by atoms with E-state index >= 15 is 0 Å². The first kappa shape index (κ1) is 18.6. The number of nitrogens with zero attached hydrogens (tertiary/aromatic N) is 3. The molecule has 0 fully saturated rings. The van der Waals surface area contributed by atoms with Crippen LogP contribution in [0.5, 0.6) is 0 Å². The maximum absolute atomic E-state index is 12.3. The van der Waals surface area contributed by atoms with E-state index in [-0.39, 0.29) is 12.5 Å². The first-order valence-electron chi connectivity index (χ1n) is 9.13. The van der Waals surface area contributed by atoms with Crippen molar-refractivity contribution in [2.24, 2.45) is 0 Å². The number of carbonyl (C=O) groups excluding carboxylic acids is 1. The molecule has 4 rings (SSSR count). The van der Waals surface area contributed by atoms with Gasteiger partial charge in [-0.25, -0.2) is 9.97 Å². The number of halogens is 1. The lowest BCUT2D eigenvalue weighted by Gasteiger charge is -2.29. The Labute approximate surface area is 169 Å². The van der Waals surface area contributed by atoms with E-state index in [9.17, 15) is 4.79 Å². The van der Waals surface area contributed by atoms with Crippen molar-refractivity contribution in [1.82, 2.24) is 14.9 Å². The van der Waals surface area contributed by atoms with Gasteiger partial charge in [-0.2, -0.15) is 0 Å². The Morgan fingerprint density at radius 1 is 1.07 bits per heavy atom. The largest absolute Gasteiger partial charge is 0.375 e. The van der Waals surface area contributed by atoms with E-state index < -0.39 is 0 Å². The van der Waals surface area contributed by atoms with Gasteiger partial charge in [0.15, 0.2) is 5.82 Å². The van der Waals surface area contributed by atoms with E-state index in [4.69, 9.17) is 26.3 Å². The van der Waals surface area contributed by atoms with Gasteiger partial charge >= 0.3 is 0 Å². The number of benzene rings is 2. The summed E-state index contributed by atoms with van der Waals surface area (Å²) in [5.74, 6) is 0.670. The molecule has 1 amide bonds. The first-order valence-corrected chi connectivity index (χ1v) is 9.51. The van der Waals surface area contributed by atoms with Crippen molar-refractivity contribution in [3.8, 4) is 22.6 Å². The zero-order valence-electron chi connectivity index (χ0n) is 15.6. The number of fused-ring (bicyclic) bond motifs is 1. The average molecular weight is 394 g/mol. The summed E-state index contributed by atoms with van der Waals surface area (Å²) in [6.07, 6.45) is 0.688. The number of rotatable bonds is 4. The molecule has 5 nitrogen and oxygen atoms in total. The monoisotopic (exact) mass is 393 g/mol. The highest BCUT2D eigenvalue weighted by molar-refractivity contribution is 6.30. The molecule has 2 heterocycles. The highest BCUT2D eigenvalue weighted by Gasteiger charge is 2.26. The lowest BCUT2D eigenvalue weighted by Crippen LogP contribution is -2.38. The highest BCUT2D eigenvalue weighted by Crippen LogP contribution is 2.31. The van der Waals surface area contributed by atoms with Gasteiger partial charge in [0.1, 0.15) is 6.61 Å². The zero-order chi connectivity index (χ0) is 19.5. The van der Waals surface area contributed by atoms with Crippen LogP contribution in [-0.4, -0.2) is 41.0 Å². The van der Waals surface area contributed by atoms with Crippen molar-refractivity contribution in [1.29, 1.82) is 0 Å². The van der Waals surface area contributed by atoms with Crippen LogP contribution in [0.4, 0.5) is 0 Å². The Hall–Kier alpha value is -2.76. The normalized spacial score (nSPS) is 13.3. The van der Waals surface area contributed by atoms with Gasteiger partial charge in [-0.1, -0.05) is 54.1 Å². The van der Waals surface area contributed by atoms with Gasteiger partial charge in [0.25, 0.3) is 0 Å². The van der Waals surface area contributed by atoms with E-state index in [2.05, 4.69) is 0 Å². The maximum Gasteiger partial charge on any atom is 0.248 e. The predicted molar refractivity (Wildman–Crippen MR) is 109 cm³/mol. The second-order valence-electron chi connectivity index (χ2n) is 6.69. The van der Waals surface area contributed by atoms with Gasteiger partial charge in [0.2, 0.25) is 5.91 Å². The SMILES string of the molecule is COCC(=O)N1CCc2nc(-c3ccccc3)nc(-c3ccc(Cl)cc3)c2C1. The Morgan fingerprint density at radius 2 is 1.82 bits per heavy atom. The molecule has 6 heteroatoms. The molecule has 0 spiro atoms. The summed E-state index contributed by atoms with van der Waals surface area (Å²) in [4.78, 5) is 23.8. The summed E-state index contributed by atoms with van der Waals surface area (Å²) in [5.41, 5.74) is 4.74. The predicted octanol–water partition coefficient (Wildman–Crippen LogP) is 4.00. The van der Waals surface area contributed by atoms with Crippen LogP contribution in [0, 0.1) is 0 Å². The number of aromatic nitrogens is 2. The van der Waals surface area contributed by atoms with Gasteiger partial charge in [-0.05, 0) is 12.1 Å². The topological polar surface area (TPSA) is 55.3 Å². The molecule has 3 aromatic rings. The molecule has 1 aliphatic rings. The minimum atomic E-state index is -0.0256. The van der Waals surface area contributed by atoms with Crippen LogP contribution in [0.25, 0.3) is 22.6 Å². The quantitative estimate of drug-likeness (QED) is 0.672. The standard InChI is InChI=1S/C22H20ClN3O2/c1-28-14-20(27)26-12-11-19-18(13-26)21(15-7-9-17(23)10-8-15)25-22(24-19)16-5-3-2-4-6-16/h2-10H,11-14H2,1H3. The summed E-state index contributed by atoms with van der Waals surface area (Å²) in [6.45, 7) is 1.18. The molecule has 0 saturated heterocycles. The van der Waals surface area contributed by atoms with Crippen molar-refractivity contribution < 1.29 is 9.53 Å². The molecule has 0 unspecified atom stereocenters. The number of ether oxygens (including phenoxy) is 1. The lowest BCUT2D eigenvalue weighted by atomic mass is 9.98. The van der Waals surface area contributed by atoms with Gasteiger partial charge in [-0.15, -0.1) is 0 Å². The van der Waals surface area contributed by atoms with E-state index in [0.29, 0.717) is 30.4 Å². The van der Waals surface area contributed by atoms with Gasteiger partial charge in [0, 0.05) is 48.3 Å². The third kappa shape index (κ3) is 3.77. The molecule has 0 bridgehead atoms. The van der Waals surface area contributed by atoms with Crippen LogP contribution in [0.3, 0.4) is 0 Å². The van der Waals surface area contributed by atoms with Crippen molar-refractivity contribution in [3.63, 3.8) is 0 Å². The molecule has 0 aliphatic carbocycles. The van der Waals surface area contributed by atoms with Crippen LogP contribution >= 0.6 is 11.6 Å². The number of hydrogen-bond donors (Lipinski definition) is 0. The van der Waals surface area contributed by atoms with Crippen molar-refractivity contribution >= 4 is 17.5 Å². The van der Waals surface area contributed by atoms with Crippen LogP contribution in [0.1, 0.15) is 11.3 Å². The minimum absolute atomic E-state index is 0.0256. The van der Waals surface area contributed by atoms with Crippen molar-refractivity contribution in [2.45, 2.75) is 13.0 Å². The number of hydrogen-bond acceptors (Lipinski definition) is 4. The van der Waals surface area contributed by atoms with Gasteiger partial charge in [0.05, 0.1) is 11.4 Å². The molecule has 0 radical (unpaired) electrons. The molecular weight excluding hydrogens is 374 g/mol. The molecule has 1 aliphatic heterocycles. The maximum atomic E-state index is 12.3. The third-order valence-electron chi connectivity index (χ3n) is 4.83. The van der Waals surface area contributed by atoms with Crippen LogP contribution in [0.15, 0.2) is 54.6 Å². The summed E-state index contributed by atoms with van der Waals surface area (Å²) in [6, 6.07) is 17.5. The highest BCUT2D eigenvalue weighted by atomic mass is 35.5. The van der Waals surface area contributed by atoms with Gasteiger partial charge in [-0.3, -0.25) is 4.79 Å². The summed E-state index contributed by atoms with van der Waals surface area (Å²) >= 11 is 6.07. The molecular formula is C22H20ClN3O2. The van der Waals surface area contributed by atoms with Crippen LogP contribution in [-0.2, 0) is 22.5 Å². The molecule has 0 saturated carbocycles. The molecule has 0 N–H and O–H groups in total. The van der Waals surface area contributed by atoms with Crippen LogP contribution < -0.4 is 0 Å². The van der Waals surface area contributed by atoms with Crippen LogP contribution in [0.2, 0.25) is 5.02 Å². The molecule has 1 aromatic heterocycles. The zero-order valence-corrected chi connectivity index (χ0v) is 16.3. The third-order valence-corrected chi connectivity index (χ3v) is 5.08. The second kappa shape index (κ2) is 8.09. The van der Waals surface area contributed by atoms with Crippen molar-refractivity contribution in [2.75, 3.05) is 20.3 Å². The Bertz CT molecular complexity index is 991. The molecule has 28 heavy (non-hydrogen) atoms. The molecule has 2 aromatic carbocycles. The summed E-state index contributed by atoms with van der Waals surface area (Å²) in [5, 5.41) is 0.673. The van der Waals surface area contributed by atoms with E-state index in [1.807, 2.05) is 54.6 Å². The fourth-order valence-electron chi connectivity index (χ4n) is 3.40. The average Bonchev–Trinajstić information content (AvgIpc) is 2.74. The van der Waals surface area contributed by atoms with E-state index in [0.717, 1.165) is 28.1 Å². The number of carbonyl (C=O) groups is 1. The Kier molecular flexibility index (Phi) is 5.37. The fraction of sp³-hybridized carbons (Fsp3) is 0.227. The number of methoxy groups -OCH3 is 1. The van der Waals surface area contributed by atoms with Crippen molar-refractivity contribution in [3.05, 3.63) is 70.9 Å². The minimum Gasteiger partial charge on any atom is -0.375 e. The summed E-state index contributed by atoms with van der Waals surface area (Å²) < 4.78 is 5.01. The van der Waals surface area contributed by atoms with E-state index in [1.165, 1.54) is 7.11 Å². The molecule has 142 valence electrons. The van der Waals surface area contributed by atoms with E-state index in [1.54, 1.807) is 4.90 Å². The van der Waals surface area contributed by atoms with Gasteiger partial charge < -0.3 is 9.64 Å². The lowest BCUT2D eigenvalue weighted by molar-refractivity contribution is -0.136.